The molecule has 3 N–H and O–H groups in total. The highest BCUT2D eigenvalue weighted by molar-refractivity contribution is 7.02. The smallest absolute Gasteiger partial charge is 0.353 e. The number of hydrogen-bond acceptors (Lipinski definition) is 3. The molecule has 1 saturated heterocycles. The second-order valence-electron chi connectivity index (χ2n) is 7.29. The zero-order valence-electron chi connectivity index (χ0n) is 12.2. The Hall–Kier alpha value is 0.379. The van der Waals surface area contributed by atoms with Gasteiger partial charge in [-0.1, -0.05) is 54.6 Å². The van der Waals surface area contributed by atoms with E-state index in [2.05, 4.69) is 69.3 Å². The molecule has 0 bridgehead atoms. The van der Waals surface area contributed by atoms with Gasteiger partial charge in [0.25, 0.3) is 0 Å². The van der Waals surface area contributed by atoms with Crippen molar-refractivity contribution in [1.82, 2.24) is 14.7 Å². The molecule has 94 valence electrons. The third-order valence-electron chi connectivity index (χ3n) is 3.47. The van der Waals surface area contributed by atoms with Gasteiger partial charge in [0.15, 0.2) is 8.40 Å². The van der Waals surface area contributed by atoms with Gasteiger partial charge >= 0.3 is 7.12 Å². The van der Waals surface area contributed by atoms with Gasteiger partial charge in [0.1, 0.15) is 0 Å². The Morgan fingerprint density at radius 2 is 1.31 bits per heavy atom. The van der Waals surface area contributed by atoms with E-state index < -0.39 is 17.4 Å². The van der Waals surface area contributed by atoms with Crippen LogP contribution in [0.3, 0.4) is 0 Å². The first-order valence-electron chi connectivity index (χ1n) is 6.31. The minimum absolute atomic E-state index is 0.335. The van der Waals surface area contributed by atoms with E-state index in [4.69, 9.17) is 0 Å². The molecule has 1 fully saturated rings. The summed E-state index contributed by atoms with van der Waals surface area (Å²) in [5.41, 5.74) is 0. The van der Waals surface area contributed by atoms with Crippen LogP contribution in [0, 0.1) is 0 Å². The summed E-state index contributed by atoms with van der Waals surface area (Å²) in [5, 5.41) is 0.671. The lowest BCUT2D eigenvalue weighted by Gasteiger charge is -2.61. The summed E-state index contributed by atoms with van der Waals surface area (Å²) in [6, 6.07) is 0. The number of nitrogens with one attached hydrogen (secondary N) is 3. The van der Waals surface area contributed by atoms with Gasteiger partial charge < -0.3 is 14.7 Å². The summed E-state index contributed by atoms with van der Waals surface area (Å²) in [5.74, 6) is 0. The number of rotatable bonds is 2. The summed E-state index contributed by atoms with van der Waals surface area (Å²) in [6.45, 7) is 18.8. The molecule has 0 radical (unpaired) electrons. The van der Waals surface area contributed by atoms with Crippen molar-refractivity contribution in [2.75, 3.05) is 0 Å². The van der Waals surface area contributed by atoms with Gasteiger partial charge in [0, 0.05) is 0 Å². The molecule has 0 aliphatic carbocycles. The van der Waals surface area contributed by atoms with Crippen LogP contribution in [-0.4, -0.2) is 24.5 Å². The maximum absolute atomic E-state index is 3.86. The molecule has 16 heavy (non-hydrogen) atoms. The molecule has 1 heterocycles. The molecule has 3 nitrogen and oxygen atoms in total. The maximum Gasteiger partial charge on any atom is 0.375 e. The van der Waals surface area contributed by atoms with Crippen LogP contribution >= 0.6 is 0 Å². The molecular formula is C10H28BN3Si2. The van der Waals surface area contributed by atoms with E-state index >= 15 is 0 Å². The minimum atomic E-state index is -1.62. The first kappa shape index (κ1) is 14.4. The lowest BCUT2D eigenvalue weighted by atomic mass is 10.0. The third-order valence-corrected chi connectivity index (χ3v) is 10.4. The van der Waals surface area contributed by atoms with Crippen molar-refractivity contribution in [3.8, 4) is 0 Å². The van der Waals surface area contributed by atoms with Crippen LogP contribution in [0.2, 0.25) is 23.2 Å². The van der Waals surface area contributed by atoms with Gasteiger partial charge in [-0.25, -0.2) is 0 Å². The predicted octanol–water partition coefficient (Wildman–Crippen LogP) is 1.78. The average Bonchev–Trinajstić information content (AvgIpc) is 1.88. The molecule has 1 aliphatic heterocycles. The van der Waals surface area contributed by atoms with E-state index in [0.29, 0.717) is 17.2 Å². The third kappa shape index (κ3) is 2.45. The van der Waals surface area contributed by atoms with Crippen molar-refractivity contribution in [3.63, 3.8) is 0 Å². The maximum atomic E-state index is 3.86. The quantitative estimate of drug-likeness (QED) is 0.660. The van der Waals surface area contributed by atoms with Gasteiger partial charge in [-0.05, 0) is 10.1 Å². The van der Waals surface area contributed by atoms with Crippen molar-refractivity contribution in [2.45, 2.75) is 64.7 Å². The van der Waals surface area contributed by atoms with Crippen LogP contribution in [-0.2, 0) is 0 Å². The Labute approximate surface area is 104 Å². The van der Waals surface area contributed by atoms with Crippen molar-refractivity contribution in [2.24, 2.45) is 0 Å². The van der Waals surface area contributed by atoms with E-state index in [-0.39, 0.29) is 0 Å². The first-order chi connectivity index (χ1) is 6.99. The monoisotopic (exact) mass is 257 g/mol. The fourth-order valence-electron chi connectivity index (χ4n) is 2.84. The molecule has 0 aromatic heterocycles. The second kappa shape index (κ2) is 4.24. The zero-order chi connectivity index (χ0) is 12.8. The lowest BCUT2D eigenvalue weighted by molar-refractivity contribution is 0.568. The average molecular weight is 257 g/mol. The van der Waals surface area contributed by atoms with Gasteiger partial charge in [0.05, 0.1) is 8.96 Å². The fraction of sp³-hybridized carbons (Fsp3) is 1.00. The summed E-state index contributed by atoms with van der Waals surface area (Å²) in [4.78, 5) is 11.3. The van der Waals surface area contributed by atoms with Gasteiger partial charge in [-0.3, -0.25) is 0 Å². The topological polar surface area (TPSA) is 36.1 Å². The van der Waals surface area contributed by atoms with E-state index in [1.54, 1.807) is 0 Å². The van der Waals surface area contributed by atoms with E-state index in [9.17, 15) is 0 Å². The molecule has 0 spiro atoms. The predicted molar refractivity (Wildman–Crippen MR) is 79.2 cm³/mol. The first-order valence-corrected chi connectivity index (χ1v) is 11.2. The summed E-state index contributed by atoms with van der Waals surface area (Å²) >= 11 is 0. The Bertz CT molecular complexity index is 236. The molecule has 0 aromatic carbocycles. The molecule has 0 aromatic rings. The van der Waals surface area contributed by atoms with Crippen LogP contribution < -0.4 is 14.7 Å². The van der Waals surface area contributed by atoms with Crippen LogP contribution in [0.15, 0.2) is 0 Å². The standard InChI is InChI=1S/C10H28BN3Si2/c1-9(2,3)16(10(4,5)6)13-11(14-16)12-15(7)8/h12-15H,1-8H3. The van der Waals surface area contributed by atoms with E-state index in [1.165, 1.54) is 0 Å². The Morgan fingerprint density at radius 1 is 0.938 bits per heavy atom. The van der Waals surface area contributed by atoms with Crippen LogP contribution in [0.5, 0.6) is 0 Å². The highest BCUT2D eigenvalue weighted by Crippen LogP contribution is 2.49. The van der Waals surface area contributed by atoms with Gasteiger partial charge in [-0.2, -0.15) is 0 Å². The molecule has 0 saturated carbocycles. The number of hydrogen-bond donors (Lipinski definition) is 3. The highest BCUT2D eigenvalue weighted by Gasteiger charge is 2.62. The molecule has 1 rings (SSSR count). The van der Waals surface area contributed by atoms with Crippen molar-refractivity contribution in [1.29, 1.82) is 0 Å². The normalized spacial score (nSPS) is 21.2. The molecule has 0 unspecified atom stereocenters. The van der Waals surface area contributed by atoms with Crippen molar-refractivity contribution < 1.29 is 0 Å². The van der Waals surface area contributed by atoms with Gasteiger partial charge in [0.2, 0.25) is 0 Å². The second-order valence-corrected chi connectivity index (χ2v) is 15.0. The highest BCUT2D eigenvalue weighted by atomic mass is 28.4. The Morgan fingerprint density at radius 3 is 1.56 bits per heavy atom. The van der Waals surface area contributed by atoms with Crippen LogP contribution in [0.1, 0.15) is 41.5 Å². The minimum Gasteiger partial charge on any atom is -0.353 e. The summed E-state index contributed by atoms with van der Waals surface area (Å²) in [6.07, 6.45) is 0. The van der Waals surface area contributed by atoms with Crippen molar-refractivity contribution in [3.05, 3.63) is 0 Å². The zero-order valence-corrected chi connectivity index (χ0v) is 14.3. The van der Waals surface area contributed by atoms with Crippen LogP contribution in [0.25, 0.3) is 0 Å². The fourth-order valence-corrected chi connectivity index (χ4v) is 9.02. The molecule has 6 heteroatoms. The van der Waals surface area contributed by atoms with Crippen molar-refractivity contribution >= 4 is 24.5 Å². The van der Waals surface area contributed by atoms with E-state index in [0.717, 1.165) is 0 Å². The molecular weight excluding hydrogens is 229 g/mol. The largest absolute Gasteiger partial charge is 0.375 e. The summed E-state index contributed by atoms with van der Waals surface area (Å²) < 4.78 is 0. The summed E-state index contributed by atoms with van der Waals surface area (Å²) in [7, 11) is -1.97. The SMILES string of the molecule is C[SiH](C)NB1N[Si](C(C)(C)C)(C(C)(C)C)N1. The van der Waals surface area contributed by atoms with Crippen LogP contribution in [0.4, 0.5) is 0 Å². The van der Waals surface area contributed by atoms with E-state index in [1.807, 2.05) is 0 Å². The Kier molecular flexibility index (Phi) is 3.83. The van der Waals surface area contributed by atoms with Gasteiger partial charge in [-0.15, -0.1) is 0 Å². The molecule has 1 aliphatic rings. The molecule has 0 atom stereocenters. The Balaban J connectivity index is 2.76. The molecule has 0 amide bonds. The lowest BCUT2D eigenvalue weighted by Crippen LogP contribution is -2.94.